The molecular weight excluding hydrogens is 312 g/mol. The highest BCUT2D eigenvalue weighted by molar-refractivity contribution is 5.81. The number of hydrogen-bond donors (Lipinski definition) is 2. The quantitative estimate of drug-likeness (QED) is 0.763. The molecule has 132 valence electrons. The fourth-order valence-corrected chi connectivity index (χ4v) is 3.18. The summed E-state index contributed by atoms with van der Waals surface area (Å²) in [5.41, 5.74) is 2.28. The van der Waals surface area contributed by atoms with Gasteiger partial charge in [-0.2, -0.15) is 0 Å². The molecule has 0 radical (unpaired) electrons. The Morgan fingerprint density at radius 3 is 2.28 bits per heavy atom. The average molecular weight is 338 g/mol. The molecule has 1 atom stereocenters. The molecular formula is C21H26N2O2. The van der Waals surface area contributed by atoms with Crippen LogP contribution in [0.5, 0.6) is 0 Å². The van der Waals surface area contributed by atoms with Crippen molar-refractivity contribution in [2.75, 3.05) is 19.7 Å². The molecule has 4 heteroatoms. The van der Waals surface area contributed by atoms with Gasteiger partial charge < -0.3 is 15.4 Å². The molecule has 0 aromatic heterocycles. The maximum Gasteiger partial charge on any atom is 0.237 e. The third kappa shape index (κ3) is 5.15. The zero-order chi connectivity index (χ0) is 17.3. The van der Waals surface area contributed by atoms with Crippen molar-refractivity contribution in [3.63, 3.8) is 0 Å². The van der Waals surface area contributed by atoms with E-state index in [2.05, 4.69) is 34.9 Å². The highest BCUT2D eigenvalue weighted by atomic mass is 16.5. The van der Waals surface area contributed by atoms with Crippen LogP contribution in [0.1, 0.15) is 36.5 Å². The molecule has 4 nitrogen and oxygen atoms in total. The number of ether oxygens (including phenoxy) is 1. The second-order valence-electron chi connectivity index (χ2n) is 6.37. The van der Waals surface area contributed by atoms with Gasteiger partial charge in [0.15, 0.2) is 0 Å². The highest BCUT2D eigenvalue weighted by Crippen LogP contribution is 2.25. The summed E-state index contributed by atoms with van der Waals surface area (Å²) in [5.74, 6) is 0.111. The van der Waals surface area contributed by atoms with E-state index in [0.29, 0.717) is 13.2 Å². The molecule has 1 fully saturated rings. The van der Waals surface area contributed by atoms with Crippen molar-refractivity contribution >= 4 is 5.91 Å². The Morgan fingerprint density at radius 2 is 1.64 bits per heavy atom. The first-order valence-electron chi connectivity index (χ1n) is 9.07. The van der Waals surface area contributed by atoms with E-state index in [1.165, 1.54) is 0 Å². The van der Waals surface area contributed by atoms with Crippen LogP contribution in [0.4, 0.5) is 0 Å². The van der Waals surface area contributed by atoms with Gasteiger partial charge in [-0.1, -0.05) is 60.7 Å². The van der Waals surface area contributed by atoms with Crippen LogP contribution < -0.4 is 10.6 Å². The smallest absolute Gasteiger partial charge is 0.237 e. The molecule has 0 spiro atoms. The van der Waals surface area contributed by atoms with Gasteiger partial charge in [-0.15, -0.1) is 0 Å². The van der Waals surface area contributed by atoms with E-state index in [0.717, 1.165) is 36.9 Å². The average Bonchev–Trinajstić information content (AvgIpc) is 2.87. The predicted octanol–water partition coefficient (Wildman–Crippen LogP) is 3.05. The molecule has 1 heterocycles. The lowest BCUT2D eigenvalue weighted by atomic mass is 10.0. The Kier molecular flexibility index (Phi) is 6.60. The number of rotatable bonds is 7. The van der Waals surface area contributed by atoms with E-state index in [1.807, 2.05) is 36.4 Å². The van der Waals surface area contributed by atoms with Gasteiger partial charge >= 0.3 is 0 Å². The third-order valence-corrected chi connectivity index (χ3v) is 4.52. The molecule has 25 heavy (non-hydrogen) atoms. The molecule has 2 N–H and O–H groups in total. The van der Waals surface area contributed by atoms with Crippen molar-refractivity contribution in [2.45, 2.75) is 31.4 Å². The maximum atomic E-state index is 12.0. The first-order valence-corrected chi connectivity index (χ1v) is 9.07. The van der Waals surface area contributed by atoms with E-state index in [4.69, 9.17) is 4.74 Å². The van der Waals surface area contributed by atoms with E-state index in [1.54, 1.807) is 0 Å². The van der Waals surface area contributed by atoms with Crippen LogP contribution in [0.2, 0.25) is 0 Å². The van der Waals surface area contributed by atoms with Crippen molar-refractivity contribution in [1.82, 2.24) is 10.6 Å². The summed E-state index contributed by atoms with van der Waals surface area (Å²) < 4.78 is 6.18. The Labute approximate surface area is 149 Å². The highest BCUT2D eigenvalue weighted by Gasteiger charge is 2.20. The van der Waals surface area contributed by atoms with Gasteiger partial charge in [0.1, 0.15) is 6.10 Å². The van der Waals surface area contributed by atoms with Gasteiger partial charge in [-0.05, 0) is 30.4 Å². The molecule has 2 aromatic rings. The van der Waals surface area contributed by atoms with Crippen molar-refractivity contribution in [3.8, 4) is 0 Å². The van der Waals surface area contributed by atoms with Gasteiger partial charge in [-0.3, -0.25) is 4.79 Å². The van der Waals surface area contributed by atoms with Gasteiger partial charge in [0, 0.05) is 13.1 Å². The minimum absolute atomic E-state index is 0.0906. The fraction of sp³-hybridized carbons (Fsp3) is 0.381. The molecule has 1 saturated heterocycles. The van der Waals surface area contributed by atoms with Crippen LogP contribution in [-0.2, 0) is 9.53 Å². The fourth-order valence-electron chi connectivity index (χ4n) is 3.18. The topological polar surface area (TPSA) is 50.4 Å². The Morgan fingerprint density at radius 1 is 1.00 bits per heavy atom. The van der Waals surface area contributed by atoms with E-state index < -0.39 is 0 Å². The molecule has 1 aliphatic rings. The SMILES string of the molecule is O=C1NCCCCC1NCCOC(c1ccccc1)c1ccccc1. The van der Waals surface area contributed by atoms with Gasteiger partial charge in [0.05, 0.1) is 12.6 Å². The second kappa shape index (κ2) is 9.35. The lowest BCUT2D eigenvalue weighted by Crippen LogP contribution is -2.44. The Hall–Kier alpha value is -2.17. The van der Waals surface area contributed by atoms with Crippen molar-refractivity contribution < 1.29 is 9.53 Å². The molecule has 1 unspecified atom stereocenters. The minimum atomic E-state index is -0.0991. The zero-order valence-electron chi connectivity index (χ0n) is 14.5. The first kappa shape index (κ1) is 17.6. The van der Waals surface area contributed by atoms with Crippen molar-refractivity contribution in [1.29, 1.82) is 0 Å². The summed E-state index contributed by atoms with van der Waals surface area (Å²) in [6.07, 6.45) is 2.94. The molecule has 2 aromatic carbocycles. The van der Waals surface area contributed by atoms with Gasteiger partial charge in [0.25, 0.3) is 0 Å². The van der Waals surface area contributed by atoms with E-state index >= 15 is 0 Å². The third-order valence-electron chi connectivity index (χ3n) is 4.52. The molecule has 1 amide bonds. The Balaban J connectivity index is 1.57. The maximum absolute atomic E-state index is 12.0. The summed E-state index contributed by atoms with van der Waals surface area (Å²) >= 11 is 0. The number of carbonyl (C=O) groups excluding carboxylic acids is 1. The lowest BCUT2D eigenvalue weighted by Gasteiger charge is -2.20. The number of amides is 1. The lowest BCUT2D eigenvalue weighted by molar-refractivity contribution is -0.122. The predicted molar refractivity (Wildman–Crippen MR) is 99.3 cm³/mol. The van der Waals surface area contributed by atoms with Crippen LogP contribution in [0.15, 0.2) is 60.7 Å². The summed E-state index contributed by atoms with van der Waals surface area (Å²) in [5, 5.41) is 6.29. The van der Waals surface area contributed by atoms with E-state index in [-0.39, 0.29) is 18.1 Å². The zero-order valence-corrected chi connectivity index (χ0v) is 14.5. The van der Waals surface area contributed by atoms with Crippen LogP contribution in [-0.4, -0.2) is 31.6 Å². The monoisotopic (exact) mass is 338 g/mol. The number of benzene rings is 2. The molecule has 0 bridgehead atoms. The summed E-state index contributed by atoms with van der Waals surface area (Å²) in [6, 6.07) is 20.4. The normalized spacial score (nSPS) is 18.0. The van der Waals surface area contributed by atoms with Crippen LogP contribution in [0.25, 0.3) is 0 Å². The molecule has 0 saturated carbocycles. The standard InChI is InChI=1S/C21H26N2O2/c24-21-19(13-7-8-14-23-21)22-15-16-25-20(17-9-3-1-4-10-17)18-11-5-2-6-12-18/h1-6,9-12,19-20,22H,7-8,13-16H2,(H,23,24). The summed E-state index contributed by atoms with van der Waals surface area (Å²) in [7, 11) is 0. The largest absolute Gasteiger partial charge is 0.367 e. The van der Waals surface area contributed by atoms with Gasteiger partial charge in [-0.25, -0.2) is 0 Å². The van der Waals surface area contributed by atoms with Crippen molar-refractivity contribution in [2.24, 2.45) is 0 Å². The van der Waals surface area contributed by atoms with Crippen LogP contribution >= 0.6 is 0 Å². The number of carbonyl (C=O) groups is 1. The minimum Gasteiger partial charge on any atom is -0.367 e. The summed E-state index contributed by atoms with van der Waals surface area (Å²) in [4.78, 5) is 12.0. The molecule has 1 aliphatic heterocycles. The summed E-state index contributed by atoms with van der Waals surface area (Å²) in [6.45, 7) is 2.00. The number of nitrogens with one attached hydrogen (secondary N) is 2. The second-order valence-corrected chi connectivity index (χ2v) is 6.37. The molecule has 0 aliphatic carbocycles. The van der Waals surface area contributed by atoms with Crippen molar-refractivity contribution in [3.05, 3.63) is 71.8 Å². The van der Waals surface area contributed by atoms with Crippen LogP contribution in [0, 0.1) is 0 Å². The van der Waals surface area contributed by atoms with Gasteiger partial charge in [0.2, 0.25) is 5.91 Å². The number of hydrogen-bond acceptors (Lipinski definition) is 3. The Bertz CT molecular complexity index is 606. The van der Waals surface area contributed by atoms with E-state index in [9.17, 15) is 4.79 Å². The first-order chi connectivity index (χ1) is 12.3. The molecule has 3 rings (SSSR count). The van der Waals surface area contributed by atoms with Crippen LogP contribution in [0.3, 0.4) is 0 Å².